The summed E-state index contributed by atoms with van der Waals surface area (Å²) in [5.41, 5.74) is 10.9. The summed E-state index contributed by atoms with van der Waals surface area (Å²) >= 11 is 0. The van der Waals surface area contributed by atoms with Crippen molar-refractivity contribution in [1.29, 1.82) is 0 Å². The average Bonchev–Trinajstić information content (AvgIpc) is 3.01. The van der Waals surface area contributed by atoms with Crippen molar-refractivity contribution in [2.75, 3.05) is 0 Å². The van der Waals surface area contributed by atoms with Gasteiger partial charge in [-0.3, -0.25) is 0 Å². The van der Waals surface area contributed by atoms with E-state index in [4.69, 9.17) is 0 Å². The predicted octanol–water partition coefficient (Wildman–Crippen LogP) is 6.70. The lowest BCUT2D eigenvalue weighted by Gasteiger charge is -2.41. The molecule has 2 aliphatic carbocycles. The molecule has 27 heavy (non-hydrogen) atoms. The number of hydrogen-bond acceptors (Lipinski definition) is 0. The lowest BCUT2D eigenvalue weighted by Crippen LogP contribution is -2.35. The Hall–Kier alpha value is -2.34. The Kier molecular flexibility index (Phi) is 3.63. The highest BCUT2D eigenvalue weighted by atomic mass is 14.6. The Balaban J connectivity index is 1.92. The summed E-state index contributed by atoms with van der Waals surface area (Å²) in [5, 5.41) is 0. The molecule has 0 saturated carbocycles. The molecule has 0 aromatic heterocycles. The van der Waals surface area contributed by atoms with Crippen molar-refractivity contribution in [3.63, 3.8) is 0 Å². The molecule has 1 unspecified atom stereocenters. The van der Waals surface area contributed by atoms with Gasteiger partial charge in [-0.1, -0.05) is 86.1 Å². The number of fused-ring (bicyclic) bond motifs is 6. The Labute approximate surface area is 163 Å². The lowest BCUT2D eigenvalue weighted by molar-refractivity contribution is 0.349. The third-order valence-electron chi connectivity index (χ3n) is 7.50. The number of aryl methyl sites for hydroxylation is 1. The fourth-order valence-corrected chi connectivity index (χ4v) is 6.06. The zero-order chi connectivity index (χ0) is 18.6. The van der Waals surface area contributed by atoms with Crippen molar-refractivity contribution in [3.8, 4) is 0 Å². The highest BCUT2D eigenvalue weighted by Gasteiger charge is 2.54. The minimum atomic E-state index is -0.00118. The van der Waals surface area contributed by atoms with E-state index in [-0.39, 0.29) is 10.8 Å². The van der Waals surface area contributed by atoms with E-state index >= 15 is 0 Å². The van der Waals surface area contributed by atoms with Crippen LogP contribution in [0.3, 0.4) is 0 Å². The first-order valence-corrected chi connectivity index (χ1v) is 10.4. The van der Waals surface area contributed by atoms with Crippen LogP contribution in [0.15, 0.2) is 66.7 Å². The third-order valence-corrected chi connectivity index (χ3v) is 7.50. The van der Waals surface area contributed by atoms with Gasteiger partial charge in [0, 0.05) is 5.41 Å². The van der Waals surface area contributed by atoms with Gasteiger partial charge in [0.15, 0.2) is 0 Å². The molecule has 0 heterocycles. The average molecular weight is 353 g/mol. The standard InChI is InChI=1S/C27H28/c1-4-26(5-2)18-27(24-13-9-8-12-23(24)26)22-11-7-6-10-20(22)17-21-15-14-19(3)16-25(21)27/h6-16H,4-5,17-18H2,1-3H3. The normalized spacial score (nSPS) is 21.6. The SMILES string of the molecule is CCC1(CC)CC2(c3ccccc3Cc3ccc(C)cc32)c2ccccc21. The fraction of sp³-hybridized carbons (Fsp3) is 0.333. The molecule has 0 amide bonds. The van der Waals surface area contributed by atoms with Crippen molar-refractivity contribution in [2.24, 2.45) is 0 Å². The van der Waals surface area contributed by atoms with Crippen LogP contribution in [-0.4, -0.2) is 0 Å². The molecule has 0 saturated heterocycles. The van der Waals surface area contributed by atoms with Gasteiger partial charge < -0.3 is 0 Å². The molecule has 0 radical (unpaired) electrons. The molecule has 0 aliphatic heterocycles. The van der Waals surface area contributed by atoms with Gasteiger partial charge in [-0.15, -0.1) is 0 Å². The zero-order valence-electron chi connectivity index (χ0n) is 16.7. The molecule has 2 aliphatic rings. The molecular weight excluding hydrogens is 324 g/mol. The van der Waals surface area contributed by atoms with E-state index < -0.39 is 0 Å². The second-order valence-electron chi connectivity index (χ2n) is 8.61. The smallest absolute Gasteiger partial charge is 0.0468 e. The van der Waals surface area contributed by atoms with E-state index in [1.165, 1.54) is 36.0 Å². The van der Waals surface area contributed by atoms with Crippen LogP contribution < -0.4 is 0 Å². The van der Waals surface area contributed by atoms with Gasteiger partial charge in [-0.25, -0.2) is 0 Å². The molecule has 0 N–H and O–H groups in total. The third kappa shape index (κ3) is 2.10. The number of benzene rings is 3. The van der Waals surface area contributed by atoms with Crippen LogP contribution in [0.4, 0.5) is 0 Å². The van der Waals surface area contributed by atoms with Crippen LogP contribution in [0.2, 0.25) is 0 Å². The van der Waals surface area contributed by atoms with Gasteiger partial charge in [-0.05, 0) is 71.4 Å². The predicted molar refractivity (Wildman–Crippen MR) is 114 cm³/mol. The Morgan fingerprint density at radius 1 is 0.704 bits per heavy atom. The molecule has 0 heteroatoms. The summed E-state index contributed by atoms with van der Waals surface area (Å²) in [6.45, 7) is 7.00. The van der Waals surface area contributed by atoms with Crippen LogP contribution in [0.25, 0.3) is 0 Å². The minimum Gasteiger partial charge on any atom is -0.0645 e. The van der Waals surface area contributed by atoms with E-state index in [2.05, 4.69) is 87.5 Å². The van der Waals surface area contributed by atoms with E-state index in [0.717, 1.165) is 6.42 Å². The van der Waals surface area contributed by atoms with E-state index in [9.17, 15) is 0 Å². The van der Waals surface area contributed by atoms with Gasteiger partial charge in [0.2, 0.25) is 0 Å². The van der Waals surface area contributed by atoms with Gasteiger partial charge >= 0.3 is 0 Å². The fourth-order valence-electron chi connectivity index (χ4n) is 6.06. The molecule has 1 spiro atoms. The quantitative estimate of drug-likeness (QED) is 0.481. The molecule has 0 fully saturated rings. The van der Waals surface area contributed by atoms with Gasteiger partial charge in [0.05, 0.1) is 0 Å². The number of hydrogen-bond donors (Lipinski definition) is 0. The first-order chi connectivity index (χ1) is 13.1. The molecule has 1 atom stereocenters. The Morgan fingerprint density at radius 2 is 1.33 bits per heavy atom. The molecule has 5 rings (SSSR count). The van der Waals surface area contributed by atoms with Crippen molar-refractivity contribution in [1.82, 2.24) is 0 Å². The molecule has 3 aromatic rings. The molecular formula is C27H28. The maximum absolute atomic E-state index is 2.48. The zero-order valence-corrected chi connectivity index (χ0v) is 16.7. The second kappa shape index (κ2) is 5.83. The first-order valence-electron chi connectivity index (χ1n) is 10.4. The largest absolute Gasteiger partial charge is 0.0645 e. The number of rotatable bonds is 2. The van der Waals surface area contributed by atoms with Gasteiger partial charge in [0.25, 0.3) is 0 Å². The summed E-state index contributed by atoms with van der Waals surface area (Å²) in [6, 6.07) is 25.6. The summed E-state index contributed by atoms with van der Waals surface area (Å²) < 4.78 is 0. The van der Waals surface area contributed by atoms with Crippen molar-refractivity contribution in [2.45, 2.75) is 57.3 Å². The van der Waals surface area contributed by atoms with Crippen LogP contribution in [0.1, 0.15) is 72.1 Å². The van der Waals surface area contributed by atoms with Crippen molar-refractivity contribution in [3.05, 3.63) is 106 Å². The van der Waals surface area contributed by atoms with Gasteiger partial charge in [0.1, 0.15) is 0 Å². The summed E-state index contributed by atoms with van der Waals surface area (Å²) in [6.07, 6.45) is 4.65. The summed E-state index contributed by atoms with van der Waals surface area (Å²) in [5.74, 6) is 0. The first kappa shape index (κ1) is 16.8. The Morgan fingerprint density at radius 3 is 2.07 bits per heavy atom. The summed E-state index contributed by atoms with van der Waals surface area (Å²) in [7, 11) is 0. The van der Waals surface area contributed by atoms with Crippen LogP contribution in [0, 0.1) is 6.92 Å². The maximum atomic E-state index is 2.48. The monoisotopic (exact) mass is 352 g/mol. The molecule has 0 nitrogen and oxygen atoms in total. The van der Waals surface area contributed by atoms with Crippen LogP contribution in [-0.2, 0) is 17.3 Å². The molecule has 136 valence electrons. The van der Waals surface area contributed by atoms with Gasteiger partial charge in [-0.2, -0.15) is 0 Å². The summed E-state index contributed by atoms with van der Waals surface area (Å²) in [4.78, 5) is 0. The lowest BCUT2D eigenvalue weighted by atomic mass is 9.61. The molecule has 3 aromatic carbocycles. The highest BCUT2D eigenvalue weighted by molar-refractivity contribution is 5.66. The highest BCUT2D eigenvalue weighted by Crippen LogP contribution is 2.61. The maximum Gasteiger partial charge on any atom is 0.0468 e. The van der Waals surface area contributed by atoms with E-state index in [1.54, 1.807) is 22.3 Å². The van der Waals surface area contributed by atoms with Crippen LogP contribution >= 0.6 is 0 Å². The van der Waals surface area contributed by atoms with Crippen LogP contribution in [0.5, 0.6) is 0 Å². The van der Waals surface area contributed by atoms with Crippen molar-refractivity contribution >= 4 is 0 Å². The topological polar surface area (TPSA) is 0 Å². The Bertz CT molecular complexity index is 1020. The minimum absolute atomic E-state index is 0.00118. The second-order valence-corrected chi connectivity index (χ2v) is 8.61. The van der Waals surface area contributed by atoms with Crippen molar-refractivity contribution < 1.29 is 0 Å². The molecule has 0 bridgehead atoms. The van der Waals surface area contributed by atoms with E-state index in [0.29, 0.717) is 0 Å². The van der Waals surface area contributed by atoms with E-state index in [1.807, 2.05) is 0 Å².